The van der Waals surface area contributed by atoms with Crippen molar-refractivity contribution in [2.45, 2.75) is 238 Å². The zero-order chi connectivity index (χ0) is 54.2. The van der Waals surface area contributed by atoms with Crippen LogP contribution in [0.1, 0.15) is 232 Å². The lowest BCUT2D eigenvalue weighted by Gasteiger charge is -2.28. The van der Waals surface area contributed by atoms with E-state index in [9.17, 15) is 19.0 Å². The summed E-state index contributed by atoms with van der Waals surface area (Å²) in [5.41, 5.74) is 0. The van der Waals surface area contributed by atoms with E-state index in [1.54, 1.807) is 0 Å². The van der Waals surface area contributed by atoms with Crippen LogP contribution < -0.4 is 4.89 Å². The van der Waals surface area contributed by atoms with Gasteiger partial charge in [0.25, 0.3) is 7.82 Å². The minimum absolute atomic E-state index is 0.0374. The molecule has 0 rings (SSSR count). The van der Waals surface area contributed by atoms with Crippen LogP contribution >= 0.6 is 7.82 Å². The average Bonchev–Trinajstić information content (AvgIpc) is 3.36. The number of quaternary nitrogens is 1. The van der Waals surface area contributed by atoms with Gasteiger partial charge in [0.05, 0.1) is 27.7 Å². The highest BCUT2D eigenvalue weighted by molar-refractivity contribution is 7.45. The number of allylic oxidation sites excluding steroid dienone is 18. The van der Waals surface area contributed by atoms with Crippen LogP contribution in [-0.2, 0) is 32.7 Å². The van der Waals surface area contributed by atoms with Gasteiger partial charge >= 0.3 is 11.9 Å². The van der Waals surface area contributed by atoms with Crippen LogP contribution in [0.3, 0.4) is 0 Å². The first kappa shape index (κ1) is 70.7. The Morgan fingerprint density at radius 3 is 1.08 bits per heavy atom. The fourth-order valence-electron chi connectivity index (χ4n) is 7.79. The number of hydrogen-bond donors (Lipinski definition) is 0. The fraction of sp³-hybridized carbons (Fsp3) is 0.688. The van der Waals surface area contributed by atoms with Crippen molar-refractivity contribution < 1.29 is 42.1 Å². The first-order chi connectivity index (χ1) is 36.0. The fourth-order valence-corrected chi connectivity index (χ4v) is 8.52. The smallest absolute Gasteiger partial charge is 0.306 e. The molecule has 10 heteroatoms. The van der Waals surface area contributed by atoms with Crippen molar-refractivity contribution >= 4 is 19.8 Å². The van der Waals surface area contributed by atoms with Gasteiger partial charge in [0.15, 0.2) is 6.10 Å². The lowest BCUT2D eigenvalue weighted by Crippen LogP contribution is -2.37. The minimum Gasteiger partial charge on any atom is -0.756 e. The van der Waals surface area contributed by atoms with Crippen molar-refractivity contribution in [2.75, 3.05) is 47.5 Å². The number of rotatable bonds is 53. The van der Waals surface area contributed by atoms with Gasteiger partial charge in [0.2, 0.25) is 0 Å². The Bertz CT molecular complexity index is 1620. The number of carbonyl (C=O) groups excluding carboxylic acids is 2. The van der Waals surface area contributed by atoms with Gasteiger partial charge in [-0.15, -0.1) is 0 Å². The van der Waals surface area contributed by atoms with E-state index in [0.717, 1.165) is 109 Å². The van der Waals surface area contributed by atoms with E-state index in [-0.39, 0.29) is 26.1 Å². The molecule has 0 bridgehead atoms. The van der Waals surface area contributed by atoms with Gasteiger partial charge in [-0.25, -0.2) is 0 Å². The van der Waals surface area contributed by atoms with Crippen molar-refractivity contribution in [1.29, 1.82) is 0 Å². The van der Waals surface area contributed by atoms with E-state index in [2.05, 4.69) is 123 Å². The largest absolute Gasteiger partial charge is 0.756 e. The Morgan fingerprint density at radius 2 is 0.730 bits per heavy atom. The van der Waals surface area contributed by atoms with Crippen molar-refractivity contribution in [1.82, 2.24) is 0 Å². The zero-order valence-corrected chi connectivity index (χ0v) is 48.9. The highest BCUT2D eigenvalue weighted by atomic mass is 31.2. The Morgan fingerprint density at radius 1 is 0.419 bits per heavy atom. The second-order valence-electron chi connectivity index (χ2n) is 20.6. The lowest BCUT2D eigenvalue weighted by molar-refractivity contribution is -0.870. The van der Waals surface area contributed by atoms with E-state index in [4.69, 9.17) is 18.5 Å². The molecule has 74 heavy (non-hydrogen) atoms. The zero-order valence-electron chi connectivity index (χ0n) is 48.0. The van der Waals surface area contributed by atoms with Crippen LogP contribution in [0.15, 0.2) is 109 Å². The summed E-state index contributed by atoms with van der Waals surface area (Å²) in [6.45, 7) is 4.00. The number of likely N-dealkylation sites (N-methyl/N-ethyl adjacent to an activating group) is 1. The van der Waals surface area contributed by atoms with Crippen molar-refractivity contribution in [3.05, 3.63) is 109 Å². The van der Waals surface area contributed by atoms with Crippen LogP contribution in [0.25, 0.3) is 0 Å². The second kappa shape index (κ2) is 54.5. The molecule has 0 heterocycles. The average molecular weight is 1050 g/mol. The topological polar surface area (TPSA) is 111 Å². The Hall–Kier alpha value is -3.33. The molecule has 0 aliphatic heterocycles. The van der Waals surface area contributed by atoms with Gasteiger partial charge in [-0.3, -0.25) is 14.2 Å². The maximum atomic E-state index is 12.8. The van der Waals surface area contributed by atoms with Crippen molar-refractivity contribution in [3.63, 3.8) is 0 Å². The summed E-state index contributed by atoms with van der Waals surface area (Å²) >= 11 is 0. The number of carbonyl (C=O) groups is 2. The normalized spacial score (nSPS) is 14.1. The van der Waals surface area contributed by atoms with E-state index in [0.29, 0.717) is 17.4 Å². The molecule has 0 radical (unpaired) electrons. The van der Waals surface area contributed by atoms with E-state index in [1.165, 1.54) is 89.9 Å². The molecule has 0 spiro atoms. The number of esters is 2. The molecule has 0 aromatic carbocycles. The molecule has 0 N–H and O–H groups in total. The molecule has 0 aliphatic rings. The molecule has 0 amide bonds. The summed E-state index contributed by atoms with van der Waals surface area (Å²) in [7, 11) is 1.15. The third kappa shape index (κ3) is 57.9. The molecule has 2 atom stereocenters. The van der Waals surface area contributed by atoms with Crippen LogP contribution in [0.5, 0.6) is 0 Å². The molecule has 2 unspecified atom stereocenters. The summed E-state index contributed by atoms with van der Waals surface area (Å²) in [5.74, 6) is -0.847. The third-order valence-electron chi connectivity index (χ3n) is 12.3. The molecule has 0 saturated carbocycles. The van der Waals surface area contributed by atoms with Gasteiger partial charge in [-0.2, -0.15) is 0 Å². The van der Waals surface area contributed by atoms with E-state index < -0.39 is 32.5 Å². The number of ether oxygens (including phenoxy) is 2. The molecule has 0 aromatic heterocycles. The van der Waals surface area contributed by atoms with Gasteiger partial charge in [0.1, 0.15) is 19.8 Å². The standard InChI is InChI=1S/C64H110NO8P/c1-6-8-10-12-14-16-18-20-22-24-26-28-29-30-31-32-33-34-35-37-39-41-43-45-47-49-51-53-55-57-64(67)73-62(61-72-74(68,69)71-59-58-65(3,4)5)60-70-63(66)56-54-52-50-48-46-44-42-40-38-36-27-25-23-21-19-17-15-13-11-9-7-2/h8-11,14-17,20-23,26-28,30-31,36,62H,6-7,12-13,18-19,24-25,29,32-35,37-61H2,1-5H3/b10-8-,11-9-,16-14-,17-15-,22-20-,23-21-,28-26-,31-30-,36-27-. The molecule has 0 aliphatic carbocycles. The van der Waals surface area contributed by atoms with Crippen molar-refractivity contribution in [2.24, 2.45) is 0 Å². The van der Waals surface area contributed by atoms with E-state index in [1.807, 2.05) is 21.1 Å². The number of hydrogen-bond acceptors (Lipinski definition) is 8. The third-order valence-corrected chi connectivity index (χ3v) is 13.3. The Kier molecular flexibility index (Phi) is 52.0. The summed E-state index contributed by atoms with van der Waals surface area (Å²) < 4.78 is 34.2. The van der Waals surface area contributed by atoms with Crippen molar-refractivity contribution in [3.8, 4) is 0 Å². The molecule has 424 valence electrons. The summed E-state index contributed by atoms with van der Waals surface area (Å²) in [6, 6.07) is 0. The van der Waals surface area contributed by atoms with Crippen LogP contribution in [0, 0.1) is 0 Å². The maximum Gasteiger partial charge on any atom is 0.306 e. The van der Waals surface area contributed by atoms with Crippen LogP contribution in [-0.4, -0.2) is 70.0 Å². The molecule has 0 aromatic rings. The molecule has 0 fully saturated rings. The SMILES string of the molecule is CC/C=C\C/C=C\C/C=C\C/C=C\C/C=C\CCCCCCCCCCCCCCCC(=O)OC(COC(=O)CCCCCCCCCC/C=C\C/C=C\C/C=C\C/C=C\CC)COP(=O)([O-])OCC[N+](C)(C)C. The lowest BCUT2D eigenvalue weighted by atomic mass is 10.0. The van der Waals surface area contributed by atoms with Gasteiger partial charge in [-0.1, -0.05) is 232 Å². The Balaban J connectivity index is 4.17. The second-order valence-corrected chi connectivity index (χ2v) is 22.0. The number of phosphoric ester groups is 1. The molecular formula is C64H110NO8P. The predicted molar refractivity (Wildman–Crippen MR) is 314 cm³/mol. The molecular weight excluding hydrogens is 942 g/mol. The van der Waals surface area contributed by atoms with E-state index >= 15 is 0 Å². The van der Waals surface area contributed by atoms with Gasteiger partial charge < -0.3 is 27.9 Å². The maximum absolute atomic E-state index is 12.8. The highest BCUT2D eigenvalue weighted by Gasteiger charge is 2.22. The monoisotopic (exact) mass is 1050 g/mol. The first-order valence-corrected chi connectivity index (χ1v) is 31.1. The van der Waals surface area contributed by atoms with Gasteiger partial charge in [0, 0.05) is 12.8 Å². The summed E-state index contributed by atoms with van der Waals surface area (Å²) in [4.78, 5) is 37.9. The minimum atomic E-state index is -4.65. The number of nitrogens with zero attached hydrogens (tertiary/aromatic N) is 1. The molecule has 0 saturated heterocycles. The highest BCUT2D eigenvalue weighted by Crippen LogP contribution is 2.38. The van der Waals surface area contributed by atoms with Gasteiger partial charge in [-0.05, 0) is 96.3 Å². The number of unbranched alkanes of at least 4 members (excludes halogenated alkanes) is 21. The number of phosphoric acid groups is 1. The van der Waals surface area contributed by atoms with Crippen LogP contribution in [0.4, 0.5) is 0 Å². The quantitative estimate of drug-likeness (QED) is 0.0195. The van der Waals surface area contributed by atoms with Crippen LogP contribution in [0.2, 0.25) is 0 Å². The molecule has 9 nitrogen and oxygen atoms in total. The summed E-state index contributed by atoms with van der Waals surface area (Å²) in [5, 5.41) is 0. The predicted octanol–water partition coefficient (Wildman–Crippen LogP) is 18.0. The summed E-state index contributed by atoms with van der Waals surface area (Å²) in [6.07, 6.45) is 75.6. The Labute approximate surface area is 455 Å². The first-order valence-electron chi connectivity index (χ1n) is 29.6.